The van der Waals surface area contributed by atoms with Gasteiger partial charge in [-0.1, -0.05) is 44.2 Å². The number of carbonyl (C=O) groups excluding carboxylic acids is 4. The van der Waals surface area contributed by atoms with Crippen molar-refractivity contribution in [2.24, 2.45) is 0 Å². The highest BCUT2D eigenvalue weighted by Crippen LogP contribution is 2.20. The van der Waals surface area contributed by atoms with Gasteiger partial charge in [0.15, 0.2) is 5.78 Å². The normalized spacial score (nSPS) is 11.6. The van der Waals surface area contributed by atoms with E-state index in [0.717, 1.165) is 17.5 Å². The summed E-state index contributed by atoms with van der Waals surface area (Å²) in [6.45, 7) is 6.13. The zero-order chi connectivity index (χ0) is 26.3. The van der Waals surface area contributed by atoms with Gasteiger partial charge in [0.05, 0.1) is 32.5 Å². The van der Waals surface area contributed by atoms with Gasteiger partial charge in [0.25, 0.3) is 5.91 Å². The van der Waals surface area contributed by atoms with E-state index in [1.54, 1.807) is 37.4 Å². The largest absolute Gasteiger partial charge is 0.379 e. The Morgan fingerprint density at radius 2 is 1.50 bits per heavy atom. The molecule has 1 heterocycles. The van der Waals surface area contributed by atoms with Gasteiger partial charge in [-0.05, 0) is 25.0 Å². The first-order valence-corrected chi connectivity index (χ1v) is 12.4. The molecule has 0 saturated carbocycles. The number of carbonyl (C=O) groups is 4. The Kier molecular flexibility index (Phi) is 12.6. The summed E-state index contributed by atoms with van der Waals surface area (Å²) in [6.07, 6.45) is 4.02. The number of pyridine rings is 1. The molecule has 1 unspecified atom stereocenters. The number of ether oxygens (including phenoxy) is 2. The van der Waals surface area contributed by atoms with Crippen LogP contribution in [0, 0.1) is 0 Å². The summed E-state index contributed by atoms with van der Waals surface area (Å²) in [4.78, 5) is 51.7. The van der Waals surface area contributed by atoms with Crippen LogP contribution >= 0.6 is 0 Å². The molecule has 0 fully saturated rings. The van der Waals surface area contributed by atoms with Crippen LogP contribution in [-0.4, -0.2) is 60.7 Å². The van der Waals surface area contributed by atoms with Crippen molar-refractivity contribution < 1.29 is 28.7 Å². The summed E-state index contributed by atoms with van der Waals surface area (Å²) in [5, 5.41) is 2.86. The lowest BCUT2D eigenvalue weighted by molar-refractivity contribution is -0.120. The lowest BCUT2D eigenvalue weighted by atomic mass is 10.0. The Hall–Kier alpha value is -3.23. The van der Waals surface area contributed by atoms with Crippen LogP contribution in [0.3, 0.4) is 0 Å². The van der Waals surface area contributed by atoms with Gasteiger partial charge < -0.3 is 14.8 Å². The third-order valence-corrected chi connectivity index (χ3v) is 5.50. The van der Waals surface area contributed by atoms with Gasteiger partial charge in [-0.2, -0.15) is 0 Å². The fourth-order valence-corrected chi connectivity index (χ4v) is 3.34. The summed E-state index contributed by atoms with van der Waals surface area (Å²) in [6, 6.07) is 10.3. The van der Waals surface area contributed by atoms with Crippen molar-refractivity contribution in [1.82, 2.24) is 10.3 Å². The van der Waals surface area contributed by atoms with Gasteiger partial charge in [0, 0.05) is 43.0 Å². The molecule has 0 aliphatic heterocycles. The van der Waals surface area contributed by atoms with E-state index in [0.29, 0.717) is 31.2 Å². The Bertz CT molecular complexity index is 1000. The number of hydrogen-bond acceptors (Lipinski definition) is 7. The van der Waals surface area contributed by atoms with Crippen molar-refractivity contribution in [3.05, 3.63) is 53.9 Å². The zero-order valence-electron chi connectivity index (χ0n) is 21.4. The molecule has 1 N–H and O–H groups in total. The van der Waals surface area contributed by atoms with Gasteiger partial charge in [-0.25, -0.2) is 0 Å². The summed E-state index contributed by atoms with van der Waals surface area (Å²) in [7, 11) is 0. The summed E-state index contributed by atoms with van der Waals surface area (Å²) < 4.78 is 11.1. The minimum absolute atomic E-state index is 0.0244. The Labute approximate surface area is 212 Å². The van der Waals surface area contributed by atoms with E-state index in [4.69, 9.17) is 9.47 Å². The molecule has 0 aliphatic carbocycles. The molecule has 0 radical (unpaired) electrons. The number of nitrogens with one attached hydrogen (secondary N) is 1. The van der Waals surface area contributed by atoms with E-state index in [2.05, 4.69) is 10.3 Å². The number of benzene rings is 1. The quantitative estimate of drug-likeness (QED) is 0.258. The first kappa shape index (κ1) is 29.0. The fourth-order valence-electron chi connectivity index (χ4n) is 3.34. The first-order valence-electron chi connectivity index (χ1n) is 12.4. The standard InChI is InChI=1S/C28H36N2O6/c1-4-6-27(33)22-9-7-21(8-10-22)23-11-12-26(29-17-23)28(34)30-24(18-35-15-13-20(3)31)19-36-16-14-25(32)5-2/h7-12,17,24H,4-6,13-16,18-19H2,1-3H3,(H,30,34). The van der Waals surface area contributed by atoms with Gasteiger partial charge in [-0.15, -0.1) is 0 Å². The lowest BCUT2D eigenvalue weighted by Gasteiger charge is -2.19. The smallest absolute Gasteiger partial charge is 0.270 e. The molecule has 0 saturated heterocycles. The second kappa shape index (κ2) is 15.7. The average molecular weight is 497 g/mol. The van der Waals surface area contributed by atoms with Gasteiger partial charge in [-0.3, -0.25) is 24.2 Å². The highest BCUT2D eigenvalue weighted by atomic mass is 16.5. The summed E-state index contributed by atoms with van der Waals surface area (Å²) in [5.74, 6) is -0.124. The molecular weight excluding hydrogens is 460 g/mol. The molecule has 8 nitrogen and oxygen atoms in total. The monoisotopic (exact) mass is 496 g/mol. The topological polar surface area (TPSA) is 112 Å². The highest BCUT2D eigenvalue weighted by molar-refractivity contribution is 5.96. The van der Waals surface area contributed by atoms with Gasteiger partial charge in [0.2, 0.25) is 0 Å². The third-order valence-electron chi connectivity index (χ3n) is 5.50. The maximum Gasteiger partial charge on any atom is 0.270 e. The van der Waals surface area contributed by atoms with E-state index < -0.39 is 6.04 Å². The second-order valence-corrected chi connectivity index (χ2v) is 8.60. The minimum atomic E-state index is -0.462. The van der Waals surface area contributed by atoms with Crippen molar-refractivity contribution in [3.63, 3.8) is 0 Å². The number of nitrogens with zero attached hydrogens (tertiary/aromatic N) is 1. The third kappa shape index (κ3) is 10.2. The molecule has 1 atom stereocenters. The van der Waals surface area contributed by atoms with E-state index >= 15 is 0 Å². The van der Waals surface area contributed by atoms with Crippen molar-refractivity contribution >= 4 is 23.3 Å². The Morgan fingerprint density at radius 1 is 0.861 bits per heavy atom. The number of aromatic nitrogens is 1. The van der Waals surface area contributed by atoms with Crippen LogP contribution < -0.4 is 5.32 Å². The van der Waals surface area contributed by atoms with Crippen LogP contribution in [0.2, 0.25) is 0 Å². The zero-order valence-corrected chi connectivity index (χ0v) is 21.4. The lowest BCUT2D eigenvalue weighted by Crippen LogP contribution is -2.42. The Balaban J connectivity index is 1.97. The molecule has 0 aliphatic rings. The first-order chi connectivity index (χ1) is 17.3. The molecular formula is C28H36N2O6. The van der Waals surface area contributed by atoms with E-state index in [1.807, 2.05) is 19.1 Å². The molecule has 2 aromatic rings. The molecule has 1 amide bonds. The van der Waals surface area contributed by atoms with Crippen molar-refractivity contribution in [3.8, 4) is 11.1 Å². The van der Waals surface area contributed by atoms with Crippen molar-refractivity contribution in [2.45, 2.75) is 58.9 Å². The van der Waals surface area contributed by atoms with Crippen LogP contribution in [0.15, 0.2) is 42.6 Å². The molecule has 1 aromatic carbocycles. The molecule has 0 bridgehead atoms. The predicted molar refractivity (Wildman–Crippen MR) is 137 cm³/mol. The number of ketones is 3. The molecule has 194 valence electrons. The number of Topliss-reactive ketones (excluding diaryl/α,β-unsaturated/α-hetero) is 3. The number of hydrogen-bond donors (Lipinski definition) is 1. The highest BCUT2D eigenvalue weighted by Gasteiger charge is 2.16. The Morgan fingerprint density at radius 3 is 2.06 bits per heavy atom. The van der Waals surface area contributed by atoms with Crippen LogP contribution in [-0.2, 0) is 19.1 Å². The molecule has 2 rings (SSSR count). The second-order valence-electron chi connectivity index (χ2n) is 8.60. The van der Waals surface area contributed by atoms with Gasteiger partial charge in [0.1, 0.15) is 17.3 Å². The molecule has 1 aromatic heterocycles. The van der Waals surface area contributed by atoms with E-state index in [1.165, 1.54) is 6.92 Å². The van der Waals surface area contributed by atoms with Crippen LogP contribution in [0.4, 0.5) is 0 Å². The number of amides is 1. The SMILES string of the molecule is CCCC(=O)c1ccc(-c2ccc(C(=O)NC(COCCC(C)=O)COCCC(=O)CC)nc2)cc1. The maximum absolute atomic E-state index is 12.8. The molecule has 8 heteroatoms. The average Bonchev–Trinajstić information content (AvgIpc) is 2.88. The summed E-state index contributed by atoms with van der Waals surface area (Å²) >= 11 is 0. The predicted octanol–water partition coefficient (Wildman–Crippen LogP) is 4.21. The molecule has 36 heavy (non-hydrogen) atoms. The van der Waals surface area contributed by atoms with Crippen LogP contribution in [0.5, 0.6) is 0 Å². The fraction of sp³-hybridized carbons (Fsp3) is 0.464. The van der Waals surface area contributed by atoms with Crippen LogP contribution in [0.25, 0.3) is 11.1 Å². The maximum atomic E-state index is 12.8. The van der Waals surface area contributed by atoms with Crippen LogP contribution in [0.1, 0.15) is 73.7 Å². The van der Waals surface area contributed by atoms with E-state index in [9.17, 15) is 19.2 Å². The van der Waals surface area contributed by atoms with E-state index in [-0.39, 0.29) is 55.4 Å². The number of rotatable bonds is 17. The van der Waals surface area contributed by atoms with Crippen molar-refractivity contribution in [2.75, 3.05) is 26.4 Å². The minimum Gasteiger partial charge on any atom is -0.379 e. The van der Waals surface area contributed by atoms with Gasteiger partial charge >= 0.3 is 0 Å². The summed E-state index contributed by atoms with van der Waals surface area (Å²) in [5.41, 5.74) is 2.65. The molecule has 0 spiro atoms. The van der Waals surface area contributed by atoms with Crippen molar-refractivity contribution in [1.29, 1.82) is 0 Å².